The van der Waals surface area contributed by atoms with Crippen molar-refractivity contribution in [2.75, 3.05) is 0 Å². The van der Waals surface area contributed by atoms with E-state index in [0.717, 1.165) is 5.56 Å². The lowest BCUT2D eigenvalue weighted by atomic mass is 10.0. The van der Waals surface area contributed by atoms with Crippen molar-refractivity contribution >= 4 is 0 Å². The Morgan fingerprint density at radius 2 is 1.56 bits per heavy atom. The first kappa shape index (κ1) is 10.8. The van der Waals surface area contributed by atoms with Gasteiger partial charge < -0.3 is 5.73 Å². The van der Waals surface area contributed by atoms with Gasteiger partial charge in [0.1, 0.15) is 5.82 Å². The van der Waals surface area contributed by atoms with Gasteiger partial charge in [0.25, 0.3) is 0 Å². The Morgan fingerprint density at radius 1 is 1.00 bits per heavy atom. The lowest BCUT2D eigenvalue weighted by molar-refractivity contribution is 0.779. The summed E-state index contributed by atoms with van der Waals surface area (Å²) in [5.41, 5.74) is 9.61. The zero-order valence-electron chi connectivity index (χ0n) is 9.51. The van der Waals surface area contributed by atoms with E-state index in [9.17, 15) is 0 Å². The molecule has 0 spiro atoms. The van der Waals surface area contributed by atoms with Crippen LogP contribution in [0.4, 0.5) is 0 Å². The maximum atomic E-state index is 6.13. The quantitative estimate of drug-likeness (QED) is 0.831. The van der Waals surface area contributed by atoms with Gasteiger partial charge in [0.05, 0.1) is 6.04 Å². The molecular weight excluding hydrogens is 198 g/mol. The highest BCUT2D eigenvalue weighted by atomic mass is 14.9. The highest BCUT2D eigenvalue weighted by Crippen LogP contribution is 2.18. The molecule has 1 heterocycles. The van der Waals surface area contributed by atoms with Crippen molar-refractivity contribution in [3.63, 3.8) is 0 Å². The highest BCUT2D eigenvalue weighted by molar-refractivity contribution is 5.33. The first-order chi connectivity index (χ1) is 7.66. The molecule has 2 N–H and O–H groups in total. The van der Waals surface area contributed by atoms with Crippen molar-refractivity contribution in [2.45, 2.75) is 19.9 Å². The largest absolute Gasteiger partial charge is 0.318 e. The number of nitrogens with two attached hydrogens (primary N) is 1. The molecule has 1 unspecified atom stereocenters. The van der Waals surface area contributed by atoms with E-state index in [2.05, 4.69) is 42.0 Å². The molecule has 0 aliphatic rings. The average molecular weight is 213 g/mol. The molecule has 0 amide bonds. The monoisotopic (exact) mass is 213 g/mol. The topological polar surface area (TPSA) is 51.8 Å². The Labute approximate surface area is 95.4 Å². The van der Waals surface area contributed by atoms with Crippen molar-refractivity contribution in [2.24, 2.45) is 5.73 Å². The molecule has 82 valence electrons. The van der Waals surface area contributed by atoms with Crippen LogP contribution < -0.4 is 5.73 Å². The van der Waals surface area contributed by atoms with E-state index in [-0.39, 0.29) is 6.04 Å². The Morgan fingerprint density at radius 3 is 2.12 bits per heavy atom. The highest BCUT2D eigenvalue weighted by Gasteiger charge is 2.11. The number of benzene rings is 1. The molecule has 1 aromatic carbocycles. The summed E-state index contributed by atoms with van der Waals surface area (Å²) in [6.07, 6.45) is 3.43. The van der Waals surface area contributed by atoms with Gasteiger partial charge in [-0.2, -0.15) is 0 Å². The summed E-state index contributed by atoms with van der Waals surface area (Å²) in [5.74, 6) is 0.660. The molecule has 2 aromatic rings. The third-order valence-corrected chi connectivity index (χ3v) is 2.47. The SMILES string of the molecule is Cc1cc(C)cc(C(N)c2ncccn2)c1. The second-order valence-electron chi connectivity index (χ2n) is 4.01. The molecule has 0 saturated carbocycles. The Hall–Kier alpha value is -1.74. The first-order valence-electron chi connectivity index (χ1n) is 5.27. The number of rotatable bonds is 2. The fourth-order valence-electron chi connectivity index (χ4n) is 1.81. The summed E-state index contributed by atoms with van der Waals surface area (Å²) >= 11 is 0. The predicted octanol–water partition coefficient (Wildman–Crippen LogP) is 2.14. The van der Waals surface area contributed by atoms with E-state index in [0.29, 0.717) is 5.82 Å². The van der Waals surface area contributed by atoms with Crippen LogP contribution in [-0.2, 0) is 0 Å². The molecule has 16 heavy (non-hydrogen) atoms. The zero-order valence-corrected chi connectivity index (χ0v) is 9.51. The molecular formula is C13H15N3. The second-order valence-corrected chi connectivity index (χ2v) is 4.01. The Balaban J connectivity index is 2.37. The third-order valence-electron chi connectivity index (χ3n) is 2.47. The number of nitrogens with zero attached hydrogens (tertiary/aromatic N) is 2. The van der Waals surface area contributed by atoms with Crippen molar-refractivity contribution in [1.82, 2.24) is 9.97 Å². The van der Waals surface area contributed by atoms with Crippen molar-refractivity contribution in [3.05, 3.63) is 59.2 Å². The summed E-state index contributed by atoms with van der Waals surface area (Å²) in [6, 6.07) is 7.82. The number of hydrogen-bond acceptors (Lipinski definition) is 3. The molecule has 0 aliphatic carbocycles. The molecule has 3 heteroatoms. The molecule has 3 nitrogen and oxygen atoms in total. The van der Waals surface area contributed by atoms with Gasteiger partial charge in [0.15, 0.2) is 0 Å². The minimum atomic E-state index is -0.250. The lowest BCUT2D eigenvalue weighted by Gasteiger charge is -2.12. The van der Waals surface area contributed by atoms with Crippen LogP contribution in [0.25, 0.3) is 0 Å². The fraction of sp³-hybridized carbons (Fsp3) is 0.231. The van der Waals surface area contributed by atoms with Crippen LogP contribution in [0.15, 0.2) is 36.7 Å². The van der Waals surface area contributed by atoms with E-state index < -0.39 is 0 Å². The fourth-order valence-corrected chi connectivity index (χ4v) is 1.81. The zero-order chi connectivity index (χ0) is 11.5. The molecule has 0 fully saturated rings. The van der Waals surface area contributed by atoms with Gasteiger partial charge >= 0.3 is 0 Å². The smallest absolute Gasteiger partial charge is 0.149 e. The molecule has 1 aromatic heterocycles. The van der Waals surface area contributed by atoms with Crippen LogP contribution >= 0.6 is 0 Å². The summed E-state index contributed by atoms with van der Waals surface area (Å²) in [5, 5.41) is 0. The normalized spacial score (nSPS) is 12.4. The first-order valence-corrected chi connectivity index (χ1v) is 5.27. The summed E-state index contributed by atoms with van der Waals surface area (Å²) in [7, 11) is 0. The molecule has 2 rings (SSSR count). The van der Waals surface area contributed by atoms with Gasteiger partial charge in [-0.15, -0.1) is 0 Å². The van der Waals surface area contributed by atoms with Crippen LogP contribution in [0.5, 0.6) is 0 Å². The molecule has 0 aliphatic heterocycles. The van der Waals surface area contributed by atoms with E-state index in [1.54, 1.807) is 18.5 Å². The summed E-state index contributed by atoms with van der Waals surface area (Å²) in [4.78, 5) is 8.36. The summed E-state index contributed by atoms with van der Waals surface area (Å²) in [6.45, 7) is 4.13. The molecule has 0 bridgehead atoms. The van der Waals surface area contributed by atoms with Gasteiger partial charge in [-0.3, -0.25) is 0 Å². The second kappa shape index (κ2) is 4.41. The Bertz CT molecular complexity index is 460. The van der Waals surface area contributed by atoms with Crippen LogP contribution in [0.3, 0.4) is 0 Å². The van der Waals surface area contributed by atoms with Crippen LogP contribution in [0.1, 0.15) is 28.6 Å². The Kier molecular flexibility index (Phi) is 2.97. The van der Waals surface area contributed by atoms with Crippen molar-refractivity contribution in [3.8, 4) is 0 Å². The maximum absolute atomic E-state index is 6.13. The minimum Gasteiger partial charge on any atom is -0.318 e. The molecule has 1 atom stereocenters. The van der Waals surface area contributed by atoms with Crippen LogP contribution in [-0.4, -0.2) is 9.97 Å². The van der Waals surface area contributed by atoms with Crippen LogP contribution in [0, 0.1) is 13.8 Å². The van der Waals surface area contributed by atoms with Crippen LogP contribution in [0.2, 0.25) is 0 Å². The molecule has 0 radical (unpaired) electrons. The number of aryl methyl sites for hydroxylation is 2. The van der Waals surface area contributed by atoms with E-state index >= 15 is 0 Å². The lowest BCUT2D eigenvalue weighted by Crippen LogP contribution is -2.15. The minimum absolute atomic E-state index is 0.250. The van der Waals surface area contributed by atoms with Crippen molar-refractivity contribution in [1.29, 1.82) is 0 Å². The number of aromatic nitrogens is 2. The average Bonchev–Trinajstić information content (AvgIpc) is 2.28. The number of hydrogen-bond donors (Lipinski definition) is 1. The van der Waals surface area contributed by atoms with E-state index in [1.165, 1.54) is 11.1 Å². The van der Waals surface area contributed by atoms with Gasteiger partial charge in [0, 0.05) is 12.4 Å². The summed E-state index contributed by atoms with van der Waals surface area (Å²) < 4.78 is 0. The maximum Gasteiger partial charge on any atom is 0.149 e. The third kappa shape index (κ3) is 2.25. The van der Waals surface area contributed by atoms with Gasteiger partial charge in [-0.1, -0.05) is 29.3 Å². The van der Waals surface area contributed by atoms with Crippen molar-refractivity contribution < 1.29 is 0 Å². The predicted molar refractivity (Wildman–Crippen MR) is 64.0 cm³/mol. The van der Waals surface area contributed by atoms with Gasteiger partial charge in [-0.25, -0.2) is 9.97 Å². The standard InChI is InChI=1S/C13H15N3/c1-9-6-10(2)8-11(7-9)12(14)13-15-4-3-5-16-13/h3-8,12H,14H2,1-2H3. The van der Waals surface area contributed by atoms with Gasteiger partial charge in [0.2, 0.25) is 0 Å². The van der Waals surface area contributed by atoms with E-state index in [4.69, 9.17) is 5.73 Å². The van der Waals surface area contributed by atoms with E-state index in [1.807, 2.05) is 0 Å². The van der Waals surface area contributed by atoms with Gasteiger partial charge in [-0.05, 0) is 25.5 Å². The molecule has 0 saturated heterocycles.